The Hall–Kier alpha value is -2.53. The molecule has 0 heterocycles. The van der Waals surface area contributed by atoms with E-state index in [4.69, 9.17) is 4.74 Å². The number of aliphatic hydroxyl groups is 1. The van der Waals surface area contributed by atoms with Gasteiger partial charge in [-0.05, 0) is 43.0 Å². The molecule has 3 rings (SSSR count). The largest absolute Gasteiger partial charge is 0.497 e. The Labute approximate surface area is 148 Å². The predicted octanol–water partition coefficient (Wildman–Crippen LogP) is 3.28. The lowest BCUT2D eigenvalue weighted by molar-refractivity contribution is 0.0646. The molecule has 2 N–H and O–H groups in total. The van der Waals surface area contributed by atoms with E-state index < -0.39 is 6.10 Å². The van der Waals surface area contributed by atoms with Gasteiger partial charge in [-0.2, -0.15) is 0 Å². The van der Waals surface area contributed by atoms with Crippen LogP contribution in [0.4, 0.5) is 11.4 Å². The molecule has 0 aromatic heterocycles. The van der Waals surface area contributed by atoms with Gasteiger partial charge in [0, 0.05) is 25.3 Å². The molecule has 2 aromatic carbocycles. The second kappa shape index (κ2) is 7.57. The number of carbonyl (C=O) groups is 1. The summed E-state index contributed by atoms with van der Waals surface area (Å²) in [7, 11) is 3.35. The Morgan fingerprint density at radius 3 is 2.76 bits per heavy atom. The third kappa shape index (κ3) is 4.31. The first kappa shape index (κ1) is 17.3. The fraction of sp³-hybridized carbons (Fsp3) is 0.350. The summed E-state index contributed by atoms with van der Waals surface area (Å²) in [5.41, 5.74) is 2.16. The van der Waals surface area contributed by atoms with Gasteiger partial charge in [0.2, 0.25) is 0 Å². The van der Waals surface area contributed by atoms with E-state index in [0.717, 1.165) is 30.0 Å². The topological polar surface area (TPSA) is 61.8 Å². The maximum atomic E-state index is 12.8. The van der Waals surface area contributed by atoms with Crippen molar-refractivity contribution in [2.75, 3.05) is 26.0 Å². The van der Waals surface area contributed by atoms with Crippen molar-refractivity contribution in [2.45, 2.75) is 18.9 Å². The minimum atomic E-state index is -0.438. The van der Waals surface area contributed by atoms with Crippen molar-refractivity contribution >= 4 is 17.3 Å². The number of carbonyl (C=O) groups excluding carboxylic acids is 1. The van der Waals surface area contributed by atoms with Gasteiger partial charge in [0.25, 0.3) is 5.91 Å². The number of nitrogens with zero attached hydrogens (tertiary/aromatic N) is 1. The molecule has 25 heavy (non-hydrogen) atoms. The van der Waals surface area contributed by atoms with Gasteiger partial charge in [0.05, 0.1) is 24.5 Å². The molecular formula is C20H24N2O3. The summed E-state index contributed by atoms with van der Waals surface area (Å²) in [6.45, 7) is 0.358. The highest BCUT2D eigenvalue weighted by molar-refractivity contribution is 6.00. The van der Waals surface area contributed by atoms with E-state index in [2.05, 4.69) is 5.32 Å². The summed E-state index contributed by atoms with van der Waals surface area (Å²) < 4.78 is 5.24. The number of rotatable bonds is 7. The molecule has 5 nitrogen and oxygen atoms in total. The normalized spacial score (nSPS) is 14.7. The molecule has 5 heteroatoms. The molecule has 1 amide bonds. The van der Waals surface area contributed by atoms with Crippen LogP contribution in [0.15, 0.2) is 48.5 Å². The van der Waals surface area contributed by atoms with E-state index in [1.165, 1.54) is 0 Å². The molecule has 0 spiro atoms. The van der Waals surface area contributed by atoms with Gasteiger partial charge in [-0.25, -0.2) is 0 Å². The summed E-state index contributed by atoms with van der Waals surface area (Å²) in [6.07, 6.45) is 1.67. The third-order valence-electron chi connectivity index (χ3n) is 4.48. The quantitative estimate of drug-likeness (QED) is 0.812. The number of hydrogen-bond acceptors (Lipinski definition) is 4. The van der Waals surface area contributed by atoms with Crippen LogP contribution in [0.25, 0.3) is 0 Å². The highest BCUT2D eigenvalue weighted by Crippen LogP contribution is 2.33. The number of ether oxygens (including phenoxy) is 1. The zero-order chi connectivity index (χ0) is 17.8. The van der Waals surface area contributed by atoms with E-state index >= 15 is 0 Å². The second-order valence-electron chi connectivity index (χ2n) is 6.49. The Kier molecular flexibility index (Phi) is 5.24. The number of para-hydroxylation sites is 1. The molecule has 1 fully saturated rings. The predicted molar refractivity (Wildman–Crippen MR) is 98.4 cm³/mol. The molecule has 0 aliphatic heterocycles. The van der Waals surface area contributed by atoms with Crippen LogP contribution in [0.5, 0.6) is 5.75 Å². The monoisotopic (exact) mass is 340 g/mol. The standard InChI is InChI=1S/C20H24N2O3/c1-22(13-19(23)14-10-11-14)20(24)17-8-3-4-9-18(17)21-15-6-5-7-16(12-15)25-2/h3-9,12,14,19,21,23H,10-11,13H2,1-2H3. The van der Waals surface area contributed by atoms with E-state index in [1.54, 1.807) is 25.1 Å². The lowest BCUT2D eigenvalue weighted by Gasteiger charge is -2.22. The Morgan fingerprint density at radius 2 is 2.04 bits per heavy atom. The van der Waals surface area contributed by atoms with Crippen LogP contribution in [-0.4, -0.2) is 42.7 Å². The van der Waals surface area contributed by atoms with Crippen LogP contribution in [0.1, 0.15) is 23.2 Å². The molecule has 1 atom stereocenters. The first-order chi connectivity index (χ1) is 12.1. The molecule has 1 aliphatic rings. The maximum absolute atomic E-state index is 12.8. The van der Waals surface area contributed by atoms with Gasteiger partial charge < -0.3 is 20.1 Å². The van der Waals surface area contributed by atoms with Crippen LogP contribution in [0.2, 0.25) is 0 Å². The SMILES string of the molecule is COc1cccc(Nc2ccccc2C(=O)N(C)CC(O)C2CC2)c1. The van der Waals surface area contributed by atoms with Crippen LogP contribution in [-0.2, 0) is 0 Å². The smallest absolute Gasteiger partial charge is 0.255 e. The molecule has 1 unspecified atom stereocenters. The van der Waals surface area contributed by atoms with Crippen LogP contribution < -0.4 is 10.1 Å². The van der Waals surface area contributed by atoms with Crippen LogP contribution in [0.3, 0.4) is 0 Å². The van der Waals surface area contributed by atoms with E-state index in [-0.39, 0.29) is 5.91 Å². The first-order valence-electron chi connectivity index (χ1n) is 8.52. The number of likely N-dealkylation sites (N-methyl/N-ethyl adjacent to an activating group) is 1. The molecule has 0 saturated heterocycles. The van der Waals surface area contributed by atoms with Gasteiger partial charge in [-0.3, -0.25) is 4.79 Å². The van der Waals surface area contributed by atoms with E-state index in [9.17, 15) is 9.90 Å². The van der Waals surface area contributed by atoms with Crippen molar-refractivity contribution in [3.63, 3.8) is 0 Å². The third-order valence-corrected chi connectivity index (χ3v) is 4.48. The molecule has 1 saturated carbocycles. The Balaban J connectivity index is 1.76. The van der Waals surface area contributed by atoms with Crippen molar-refractivity contribution in [1.29, 1.82) is 0 Å². The lowest BCUT2D eigenvalue weighted by atomic mass is 10.1. The minimum absolute atomic E-state index is 0.106. The molecule has 2 aromatic rings. The average Bonchev–Trinajstić information content (AvgIpc) is 3.47. The first-order valence-corrected chi connectivity index (χ1v) is 8.52. The average molecular weight is 340 g/mol. The number of benzene rings is 2. The van der Waals surface area contributed by atoms with Crippen molar-refractivity contribution in [3.05, 3.63) is 54.1 Å². The fourth-order valence-electron chi connectivity index (χ4n) is 2.83. The summed E-state index contributed by atoms with van der Waals surface area (Å²) in [6, 6.07) is 15.0. The zero-order valence-corrected chi connectivity index (χ0v) is 14.6. The van der Waals surface area contributed by atoms with Crippen molar-refractivity contribution < 1.29 is 14.6 Å². The van der Waals surface area contributed by atoms with Gasteiger partial charge >= 0.3 is 0 Å². The number of aliphatic hydroxyl groups excluding tert-OH is 1. The summed E-state index contributed by atoms with van der Waals surface area (Å²) in [5.74, 6) is 0.990. The lowest BCUT2D eigenvalue weighted by Crippen LogP contribution is -2.35. The van der Waals surface area contributed by atoms with Crippen molar-refractivity contribution in [2.24, 2.45) is 5.92 Å². The number of nitrogens with one attached hydrogen (secondary N) is 1. The molecule has 0 radical (unpaired) electrons. The fourth-order valence-corrected chi connectivity index (χ4v) is 2.83. The summed E-state index contributed by atoms with van der Waals surface area (Å²) in [4.78, 5) is 14.4. The molecule has 1 aliphatic carbocycles. The second-order valence-corrected chi connectivity index (χ2v) is 6.49. The highest BCUT2D eigenvalue weighted by atomic mass is 16.5. The Morgan fingerprint density at radius 1 is 1.28 bits per heavy atom. The van der Waals surface area contributed by atoms with Gasteiger partial charge in [0.1, 0.15) is 5.75 Å². The van der Waals surface area contributed by atoms with E-state index in [1.807, 2.05) is 42.5 Å². The minimum Gasteiger partial charge on any atom is -0.497 e. The van der Waals surface area contributed by atoms with Crippen molar-refractivity contribution in [1.82, 2.24) is 4.90 Å². The number of anilines is 2. The number of amides is 1. The van der Waals surface area contributed by atoms with Gasteiger partial charge in [-0.1, -0.05) is 18.2 Å². The maximum Gasteiger partial charge on any atom is 0.255 e. The molecular weight excluding hydrogens is 316 g/mol. The van der Waals surface area contributed by atoms with Gasteiger partial charge in [-0.15, -0.1) is 0 Å². The molecule has 0 bridgehead atoms. The number of hydrogen-bond donors (Lipinski definition) is 2. The Bertz CT molecular complexity index is 743. The van der Waals surface area contributed by atoms with Crippen LogP contribution in [0, 0.1) is 5.92 Å². The number of methoxy groups -OCH3 is 1. The van der Waals surface area contributed by atoms with E-state index in [0.29, 0.717) is 18.0 Å². The van der Waals surface area contributed by atoms with Crippen LogP contribution >= 0.6 is 0 Å². The zero-order valence-electron chi connectivity index (χ0n) is 14.6. The summed E-state index contributed by atoms with van der Waals surface area (Å²) >= 11 is 0. The van der Waals surface area contributed by atoms with Gasteiger partial charge in [0.15, 0.2) is 0 Å². The summed E-state index contributed by atoms with van der Waals surface area (Å²) in [5, 5.41) is 13.4. The molecule has 132 valence electrons. The van der Waals surface area contributed by atoms with Crippen molar-refractivity contribution in [3.8, 4) is 5.75 Å². The highest BCUT2D eigenvalue weighted by Gasteiger charge is 2.31.